The molecule has 4 rings (SSSR count). The number of hydrogen-bond acceptors (Lipinski definition) is 3. The smallest absolute Gasteiger partial charge is 0.251 e. The molecule has 0 spiro atoms. The molecule has 146 valence electrons. The van der Waals surface area contributed by atoms with E-state index in [9.17, 15) is 9.59 Å². The number of aryl methyl sites for hydroxylation is 1. The Bertz CT molecular complexity index is 833. The zero-order valence-corrected chi connectivity index (χ0v) is 16.4. The second-order valence-electron chi connectivity index (χ2n) is 7.80. The van der Waals surface area contributed by atoms with E-state index in [1.165, 1.54) is 5.56 Å². The predicted octanol–water partition coefficient (Wildman–Crippen LogP) is 2.98. The fourth-order valence-electron chi connectivity index (χ4n) is 3.59. The van der Waals surface area contributed by atoms with E-state index in [4.69, 9.17) is 0 Å². The highest BCUT2D eigenvalue weighted by molar-refractivity contribution is 5.94. The van der Waals surface area contributed by atoms with Crippen molar-refractivity contribution in [3.63, 3.8) is 0 Å². The van der Waals surface area contributed by atoms with Crippen LogP contribution in [0.3, 0.4) is 0 Å². The number of carbonyl (C=O) groups excluding carboxylic acids is 2. The first-order valence-corrected chi connectivity index (χ1v) is 10.1. The summed E-state index contributed by atoms with van der Waals surface area (Å²) >= 11 is 0. The Morgan fingerprint density at radius 3 is 2.18 bits per heavy atom. The van der Waals surface area contributed by atoms with E-state index in [1.807, 2.05) is 53.4 Å². The van der Waals surface area contributed by atoms with Crippen LogP contribution in [0.15, 0.2) is 48.5 Å². The summed E-state index contributed by atoms with van der Waals surface area (Å²) < 4.78 is 0. The van der Waals surface area contributed by atoms with Gasteiger partial charge in [0.2, 0.25) is 5.91 Å². The Kier molecular flexibility index (Phi) is 5.33. The van der Waals surface area contributed by atoms with Crippen LogP contribution < -0.4 is 10.2 Å². The van der Waals surface area contributed by atoms with Gasteiger partial charge in [0.1, 0.15) is 0 Å². The van der Waals surface area contributed by atoms with Crippen LogP contribution in [0.5, 0.6) is 0 Å². The van der Waals surface area contributed by atoms with E-state index < -0.39 is 0 Å². The monoisotopic (exact) mass is 377 g/mol. The quantitative estimate of drug-likeness (QED) is 0.872. The summed E-state index contributed by atoms with van der Waals surface area (Å²) in [5.74, 6) is 0.566. The number of rotatable bonds is 5. The van der Waals surface area contributed by atoms with Gasteiger partial charge in [0, 0.05) is 49.9 Å². The first-order chi connectivity index (χ1) is 13.6. The second-order valence-corrected chi connectivity index (χ2v) is 7.80. The van der Waals surface area contributed by atoms with Crippen LogP contribution in [0.25, 0.3) is 0 Å². The lowest BCUT2D eigenvalue weighted by atomic mass is 10.1. The predicted molar refractivity (Wildman–Crippen MR) is 110 cm³/mol. The van der Waals surface area contributed by atoms with Gasteiger partial charge in [-0.25, -0.2) is 0 Å². The summed E-state index contributed by atoms with van der Waals surface area (Å²) in [4.78, 5) is 28.8. The summed E-state index contributed by atoms with van der Waals surface area (Å²) in [7, 11) is 0. The summed E-state index contributed by atoms with van der Waals surface area (Å²) in [5.41, 5.74) is 4.07. The van der Waals surface area contributed by atoms with Gasteiger partial charge in [-0.05, 0) is 49.6 Å². The van der Waals surface area contributed by atoms with Gasteiger partial charge in [-0.3, -0.25) is 9.59 Å². The number of anilines is 1. The van der Waals surface area contributed by atoms with E-state index >= 15 is 0 Å². The maximum absolute atomic E-state index is 12.4. The van der Waals surface area contributed by atoms with Crippen molar-refractivity contribution < 1.29 is 9.59 Å². The zero-order chi connectivity index (χ0) is 19.5. The molecule has 1 aliphatic carbocycles. The highest BCUT2D eigenvalue weighted by atomic mass is 16.2. The zero-order valence-electron chi connectivity index (χ0n) is 16.4. The van der Waals surface area contributed by atoms with Crippen molar-refractivity contribution in [3.05, 3.63) is 65.2 Å². The molecule has 0 atom stereocenters. The van der Waals surface area contributed by atoms with Crippen LogP contribution in [0, 0.1) is 12.8 Å². The molecule has 5 nitrogen and oxygen atoms in total. The SMILES string of the molecule is Cc1ccc(CNC(=O)c2ccc(N3CCN(C(=O)C4CC4)CC3)cc2)cc1. The summed E-state index contributed by atoms with van der Waals surface area (Å²) in [6.45, 7) is 5.84. The van der Waals surface area contributed by atoms with Crippen LogP contribution in [-0.2, 0) is 11.3 Å². The van der Waals surface area contributed by atoms with E-state index in [0.717, 1.165) is 50.3 Å². The molecule has 1 heterocycles. The number of amides is 2. The molecule has 2 aromatic rings. The van der Waals surface area contributed by atoms with Crippen LogP contribution in [0.1, 0.15) is 34.3 Å². The van der Waals surface area contributed by atoms with E-state index in [1.54, 1.807) is 0 Å². The van der Waals surface area contributed by atoms with Crippen LogP contribution >= 0.6 is 0 Å². The number of carbonyl (C=O) groups is 2. The van der Waals surface area contributed by atoms with E-state index in [-0.39, 0.29) is 5.91 Å². The topological polar surface area (TPSA) is 52.7 Å². The van der Waals surface area contributed by atoms with Crippen molar-refractivity contribution in [2.75, 3.05) is 31.1 Å². The van der Waals surface area contributed by atoms with Crippen molar-refractivity contribution in [2.24, 2.45) is 5.92 Å². The Morgan fingerprint density at radius 2 is 1.57 bits per heavy atom. The first kappa shape index (κ1) is 18.5. The second kappa shape index (κ2) is 8.05. The molecule has 2 fully saturated rings. The Morgan fingerprint density at radius 1 is 0.929 bits per heavy atom. The van der Waals surface area contributed by atoms with Gasteiger partial charge in [-0.1, -0.05) is 29.8 Å². The Hall–Kier alpha value is -2.82. The lowest BCUT2D eigenvalue weighted by Gasteiger charge is -2.36. The minimum Gasteiger partial charge on any atom is -0.368 e. The molecule has 1 aliphatic heterocycles. The molecule has 28 heavy (non-hydrogen) atoms. The average Bonchev–Trinajstić information content (AvgIpc) is 3.58. The van der Waals surface area contributed by atoms with Crippen LogP contribution in [-0.4, -0.2) is 42.9 Å². The highest BCUT2D eigenvalue weighted by Crippen LogP contribution is 2.31. The lowest BCUT2D eigenvalue weighted by Crippen LogP contribution is -2.49. The van der Waals surface area contributed by atoms with Crippen molar-refractivity contribution in [2.45, 2.75) is 26.3 Å². The standard InChI is InChI=1S/C23H27N3O2/c1-17-2-4-18(5-3-17)16-24-22(27)19-8-10-21(11-9-19)25-12-14-26(15-13-25)23(28)20-6-7-20/h2-5,8-11,20H,6-7,12-16H2,1H3,(H,24,27). The van der Waals surface area contributed by atoms with Crippen molar-refractivity contribution in [1.82, 2.24) is 10.2 Å². The summed E-state index contributed by atoms with van der Waals surface area (Å²) in [5, 5.41) is 2.97. The Balaban J connectivity index is 1.29. The van der Waals surface area contributed by atoms with Gasteiger partial charge in [0.05, 0.1) is 0 Å². The minimum absolute atomic E-state index is 0.0630. The maximum atomic E-state index is 12.4. The van der Waals surface area contributed by atoms with Crippen LogP contribution in [0.2, 0.25) is 0 Å². The molecule has 1 N–H and O–H groups in total. The molecule has 0 bridgehead atoms. The Labute approximate surface area is 166 Å². The van der Waals surface area contributed by atoms with Gasteiger partial charge >= 0.3 is 0 Å². The molecule has 0 radical (unpaired) electrons. The normalized spacial score (nSPS) is 16.8. The fourth-order valence-corrected chi connectivity index (χ4v) is 3.59. The third-order valence-corrected chi connectivity index (χ3v) is 5.59. The molecule has 0 aromatic heterocycles. The third kappa shape index (κ3) is 4.35. The van der Waals surface area contributed by atoms with E-state index in [0.29, 0.717) is 23.9 Å². The minimum atomic E-state index is -0.0630. The average molecular weight is 377 g/mol. The maximum Gasteiger partial charge on any atom is 0.251 e. The number of benzene rings is 2. The van der Waals surface area contributed by atoms with Crippen molar-refractivity contribution in [1.29, 1.82) is 0 Å². The van der Waals surface area contributed by atoms with Gasteiger partial charge in [0.15, 0.2) is 0 Å². The van der Waals surface area contributed by atoms with Crippen molar-refractivity contribution >= 4 is 17.5 Å². The lowest BCUT2D eigenvalue weighted by molar-refractivity contribution is -0.132. The summed E-state index contributed by atoms with van der Waals surface area (Å²) in [6, 6.07) is 15.9. The third-order valence-electron chi connectivity index (χ3n) is 5.59. The number of piperazine rings is 1. The number of nitrogens with one attached hydrogen (secondary N) is 1. The molecule has 5 heteroatoms. The van der Waals surface area contributed by atoms with Gasteiger partial charge < -0.3 is 15.1 Å². The molecule has 1 saturated carbocycles. The van der Waals surface area contributed by atoms with Gasteiger partial charge in [0.25, 0.3) is 5.91 Å². The van der Waals surface area contributed by atoms with Crippen LogP contribution in [0.4, 0.5) is 5.69 Å². The molecule has 2 aromatic carbocycles. The molecular weight excluding hydrogens is 350 g/mol. The fraction of sp³-hybridized carbons (Fsp3) is 0.391. The highest BCUT2D eigenvalue weighted by Gasteiger charge is 2.34. The molecular formula is C23H27N3O2. The first-order valence-electron chi connectivity index (χ1n) is 10.1. The van der Waals surface area contributed by atoms with Crippen molar-refractivity contribution in [3.8, 4) is 0 Å². The van der Waals surface area contributed by atoms with Gasteiger partial charge in [-0.2, -0.15) is 0 Å². The summed E-state index contributed by atoms with van der Waals surface area (Å²) in [6.07, 6.45) is 2.12. The number of nitrogens with zero attached hydrogens (tertiary/aromatic N) is 2. The molecule has 2 aliphatic rings. The van der Waals surface area contributed by atoms with E-state index in [2.05, 4.69) is 17.1 Å². The van der Waals surface area contributed by atoms with Gasteiger partial charge in [-0.15, -0.1) is 0 Å². The molecule has 1 saturated heterocycles. The molecule has 0 unspecified atom stereocenters. The largest absolute Gasteiger partial charge is 0.368 e. The molecule has 2 amide bonds. The number of hydrogen-bond donors (Lipinski definition) is 1.